The van der Waals surface area contributed by atoms with Crippen molar-refractivity contribution in [2.45, 2.75) is 235 Å². The fraction of sp³-hybridized carbons (Fsp3) is 0.724. The second kappa shape index (κ2) is 37.7. The van der Waals surface area contributed by atoms with Crippen molar-refractivity contribution in [3.05, 3.63) is 0 Å². The number of esters is 13. The van der Waals surface area contributed by atoms with Gasteiger partial charge in [-0.2, -0.15) is 0 Å². The second-order valence-corrected chi connectivity index (χ2v) is 24.6. The molecular weight excluding hydrogens is 1420 g/mol. The van der Waals surface area contributed by atoms with Crippen LogP contribution in [0, 0.1) is 5.41 Å². The van der Waals surface area contributed by atoms with E-state index in [4.69, 9.17) is 140 Å². The first kappa shape index (κ1) is 84.5. The molecule has 0 bridgehead atoms. The van der Waals surface area contributed by atoms with Crippen molar-refractivity contribution < 1.29 is 171 Å². The molecule has 0 unspecified atom stereocenters. The highest BCUT2D eigenvalue weighted by molar-refractivity contribution is 6.76. The molecular formula is C58H78Cl3N3O36. The zero-order chi connectivity index (χ0) is 75.6. The summed E-state index contributed by atoms with van der Waals surface area (Å²) in [5, 5.41) is 13.5. The normalized spacial score (nSPS) is 30.0. The standard InChI is InChI=1S/C58H78Cl3N3O36/c1-21(65)63-40-35(85-27(7)71)16-57(56(79)80-15,99-47(40)43(87-29(9)73)36(86-28(8)72)17-81-23(3)67)100-49-45(89-31(11)75)39(20-84-26(6)70)94-53(51(49)92-34(14)78)96-42-37(18-82-24(4)68)93-52(41(64-22(2)66)46(42)90-32(12)76)97-50-48(91-33(13)77)44(88-30(10)74)38(19-83-25(5)69)95-54(50)98-55(62)58(59,60)61/h35-54,62H,16-20H2,1-15H3,(H,63,65)(H,64,66)/t35-,36+,37+,38+,39+,40+,41+,42+,43+,44+,45-,46+,47+,48-,49-,50-,51+,52-,53-,54-,57-/m0/s1. The largest absolute Gasteiger partial charge is 0.465 e. The van der Waals surface area contributed by atoms with Crippen LogP contribution < -0.4 is 10.6 Å². The summed E-state index contributed by atoms with van der Waals surface area (Å²) in [5.41, 5.74) is 0. The molecule has 0 radical (unpaired) electrons. The quantitative estimate of drug-likeness (QED) is 0.0280. The van der Waals surface area contributed by atoms with Crippen molar-refractivity contribution >= 4 is 130 Å². The van der Waals surface area contributed by atoms with Crippen LogP contribution in [0.1, 0.15) is 103 Å². The van der Waals surface area contributed by atoms with Gasteiger partial charge in [0.1, 0.15) is 75.2 Å². The molecule has 4 rings (SSSR count). The van der Waals surface area contributed by atoms with Crippen LogP contribution in [0.5, 0.6) is 0 Å². The van der Waals surface area contributed by atoms with Crippen LogP contribution in [0.3, 0.4) is 0 Å². The molecule has 4 aliphatic heterocycles. The Morgan fingerprint density at radius 2 is 0.860 bits per heavy atom. The van der Waals surface area contributed by atoms with Gasteiger partial charge in [0, 0.05) is 96.9 Å². The SMILES string of the molecule is COC(=O)[C@@]1(O[C@H]2[C@@H](OC(C)=O)[C@@H](COC(C)=O)O[C@@H](O[C@H]3[C@H](OC(C)=O)[C@@H](NC(C)=O)[C@H](O[C@@H]4[C@H](OC(=N)C(Cl)(Cl)Cl)O[C@H](COC(C)=O)[C@@H](OC(C)=O)[C@@H]4OC(C)=O)O[C@@H]3COC(C)=O)[C@@H]2OC(C)=O)C[C@H](OC(C)=O)[C@@H](NC(C)=O)[C@H]([C@H](OC(C)=O)[C@@H](COC(C)=O)OC(C)=O)O1. The third kappa shape index (κ3) is 25.0. The van der Waals surface area contributed by atoms with Crippen molar-refractivity contribution in [3.8, 4) is 0 Å². The zero-order valence-electron chi connectivity index (χ0n) is 56.4. The van der Waals surface area contributed by atoms with Crippen molar-refractivity contribution in [2.75, 3.05) is 33.5 Å². The summed E-state index contributed by atoms with van der Waals surface area (Å²) < 4.78 is 120. The lowest BCUT2D eigenvalue weighted by molar-refractivity contribution is -0.388. The Labute approximate surface area is 584 Å². The number of methoxy groups -OCH3 is 1. The summed E-state index contributed by atoms with van der Waals surface area (Å²) in [6, 6.07) is -3.86. The summed E-state index contributed by atoms with van der Waals surface area (Å²) in [6.45, 7) is 8.84. The molecule has 39 nitrogen and oxygen atoms in total. The highest BCUT2D eigenvalue weighted by Crippen LogP contribution is 2.43. The van der Waals surface area contributed by atoms with E-state index in [1.165, 1.54) is 0 Å². The highest BCUT2D eigenvalue weighted by atomic mass is 35.6. The van der Waals surface area contributed by atoms with E-state index in [0.29, 0.717) is 0 Å². The maximum atomic E-state index is 15.0. The first-order valence-electron chi connectivity index (χ1n) is 30.0. The number of hydrogen-bond donors (Lipinski definition) is 3. The van der Waals surface area contributed by atoms with Crippen molar-refractivity contribution in [2.24, 2.45) is 0 Å². The van der Waals surface area contributed by atoms with E-state index >= 15 is 0 Å². The molecule has 2 amide bonds. The Morgan fingerprint density at radius 1 is 0.450 bits per heavy atom. The number of carbonyl (C=O) groups is 15. The molecule has 0 aliphatic carbocycles. The molecule has 0 spiro atoms. The van der Waals surface area contributed by atoms with Gasteiger partial charge in [0.15, 0.2) is 61.4 Å². The Balaban J connectivity index is 2.15. The van der Waals surface area contributed by atoms with E-state index in [-0.39, 0.29) is 0 Å². The number of ether oxygens (including phenoxy) is 21. The van der Waals surface area contributed by atoms with Crippen molar-refractivity contribution in [1.29, 1.82) is 5.41 Å². The minimum absolute atomic E-state index is 0.774. The van der Waals surface area contributed by atoms with Crippen LogP contribution in [0.2, 0.25) is 0 Å². The van der Waals surface area contributed by atoms with Crippen molar-refractivity contribution in [3.63, 3.8) is 0 Å². The fourth-order valence-electron chi connectivity index (χ4n) is 10.7. The zero-order valence-corrected chi connectivity index (χ0v) is 58.7. The Morgan fingerprint density at radius 3 is 1.30 bits per heavy atom. The second-order valence-electron chi connectivity index (χ2n) is 22.3. The van der Waals surface area contributed by atoms with Gasteiger partial charge >= 0.3 is 77.6 Å². The van der Waals surface area contributed by atoms with Gasteiger partial charge in [-0.15, -0.1) is 0 Å². The summed E-state index contributed by atoms with van der Waals surface area (Å²) >= 11 is 18.1. The molecule has 0 aromatic heterocycles. The minimum atomic E-state index is -3.29. The fourth-order valence-corrected chi connectivity index (χ4v) is 10.8. The lowest BCUT2D eigenvalue weighted by Crippen LogP contribution is -2.72. The molecule has 4 saturated heterocycles. The molecule has 4 aliphatic rings. The van der Waals surface area contributed by atoms with Crippen molar-refractivity contribution in [1.82, 2.24) is 10.6 Å². The Hall–Kier alpha value is -7.89. The smallest absolute Gasteiger partial charge is 0.366 e. The van der Waals surface area contributed by atoms with E-state index in [1.807, 2.05) is 0 Å². The van der Waals surface area contributed by atoms with Gasteiger partial charge in [0.25, 0.3) is 9.58 Å². The molecule has 0 saturated carbocycles. The van der Waals surface area contributed by atoms with E-state index < -0.39 is 260 Å². The predicted molar refractivity (Wildman–Crippen MR) is 320 cm³/mol. The van der Waals surface area contributed by atoms with Gasteiger partial charge in [-0.05, 0) is 0 Å². The lowest BCUT2D eigenvalue weighted by atomic mass is 9.87. The van der Waals surface area contributed by atoms with Gasteiger partial charge in [0.2, 0.25) is 24.0 Å². The predicted octanol–water partition coefficient (Wildman–Crippen LogP) is -0.946. The van der Waals surface area contributed by atoms with E-state index in [9.17, 15) is 71.9 Å². The molecule has 4 fully saturated rings. The monoisotopic (exact) mass is 1500 g/mol. The number of amides is 2. The number of hydrogen-bond acceptors (Lipinski definition) is 37. The molecule has 562 valence electrons. The minimum Gasteiger partial charge on any atom is -0.465 e. The van der Waals surface area contributed by atoms with Crippen LogP contribution in [0.4, 0.5) is 0 Å². The molecule has 3 N–H and O–H groups in total. The molecule has 4 heterocycles. The number of carbonyl (C=O) groups excluding carboxylic acids is 15. The van der Waals surface area contributed by atoms with Crippen LogP contribution in [0.25, 0.3) is 0 Å². The molecule has 0 aromatic rings. The first-order valence-corrected chi connectivity index (χ1v) is 31.1. The molecule has 21 atom stereocenters. The first-order chi connectivity index (χ1) is 46.5. The Kier molecular flexibility index (Phi) is 31.9. The summed E-state index contributed by atoms with van der Waals surface area (Å²) in [4.78, 5) is 198. The van der Waals surface area contributed by atoms with Gasteiger partial charge in [-0.1, -0.05) is 34.8 Å². The average Bonchev–Trinajstić information content (AvgIpc) is 0.748. The summed E-state index contributed by atoms with van der Waals surface area (Å²) in [7, 11) is 0.774. The third-order valence-corrected chi connectivity index (χ3v) is 14.5. The van der Waals surface area contributed by atoms with Gasteiger partial charge in [0.05, 0.1) is 19.6 Å². The number of alkyl halides is 3. The van der Waals surface area contributed by atoms with Crippen LogP contribution in [-0.2, 0) is 171 Å². The maximum Gasteiger partial charge on any atom is 0.366 e. The molecule has 42 heteroatoms. The number of nitrogens with one attached hydrogen (secondary N) is 3. The average molecular weight is 1500 g/mol. The van der Waals surface area contributed by atoms with Crippen LogP contribution in [-0.4, -0.2) is 261 Å². The van der Waals surface area contributed by atoms with Crippen LogP contribution in [0.15, 0.2) is 0 Å². The highest BCUT2D eigenvalue weighted by Gasteiger charge is 2.65. The maximum absolute atomic E-state index is 15.0. The van der Waals surface area contributed by atoms with Gasteiger partial charge < -0.3 is 110 Å². The van der Waals surface area contributed by atoms with Gasteiger partial charge in [-0.25, -0.2) is 4.79 Å². The van der Waals surface area contributed by atoms with E-state index in [0.717, 1.165) is 104 Å². The lowest BCUT2D eigenvalue weighted by Gasteiger charge is -2.53. The van der Waals surface area contributed by atoms with E-state index in [2.05, 4.69) is 10.6 Å². The molecule has 100 heavy (non-hydrogen) atoms. The summed E-state index contributed by atoms with van der Waals surface area (Å²) in [5.74, 6) is -21.4. The molecule has 0 aromatic carbocycles. The summed E-state index contributed by atoms with van der Waals surface area (Å²) in [6.07, 6.45) is -39.4. The Bertz CT molecular complexity index is 3040. The number of rotatable bonds is 28. The van der Waals surface area contributed by atoms with E-state index in [1.54, 1.807) is 0 Å². The third-order valence-electron chi connectivity index (χ3n) is 14.0. The van der Waals surface area contributed by atoms with Gasteiger partial charge in [-0.3, -0.25) is 72.5 Å². The topological polar surface area (TPSA) is 498 Å². The van der Waals surface area contributed by atoms with Crippen LogP contribution >= 0.6 is 34.8 Å². The number of halogens is 3.